The van der Waals surface area contributed by atoms with Crippen LogP contribution in [0.3, 0.4) is 0 Å². The van der Waals surface area contributed by atoms with Crippen LogP contribution < -0.4 is 16.4 Å². The van der Waals surface area contributed by atoms with Crippen molar-refractivity contribution in [3.63, 3.8) is 0 Å². The van der Waals surface area contributed by atoms with Crippen molar-refractivity contribution in [1.82, 2.24) is 10.6 Å². The number of hydrogen-bond donors (Lipinski definition) is 3. The molecule has 0 bridgehead atoms. The van der Waals surface area contributed by atoms with Gasteiger partial charge >= 0.3 is 0 Å². The molecule has 0 rings (SSSR count). The maximum Gasteiger partial charge on any atom is 0.242 e. The minimum absolute atomic E-state index is 0.119. The van der Waals surface area contributed by atoms with Crippen molar-refractivity contribution in [3.05, 3.63) is 0 Å². The molecule has 1 amide bonds. The number of rotatable bonds is 7. The fourth-order valence-corrected chi connectivity index (χ4v) is 0.995. The van der Waals surface area contributed by atoms with Gasteiger partial charge in [-0.05, 0) is 13.3 Å². The number of ether oxygens (including phenoxy) is 1. The summed E-state index contributed by atoms with van der Waals surface area (Å²) in [6.45, 7) is 5.40. The number of nitrogens with one attached hydrogen (secondary N) is 2. The molecule has 94 valence electrons. The fraction of sp³-hybridized carbons (Fsp3) is 0.800. The topological polar surface area (TPSA) is 88.7 Å². The van der Waals surface area contributed by atoms with Crippen LogP contribution in [0.15, 0.2) is 4.99 Å². The predicted octanol–water partition coefficient (Wildman–Crippen LogP) is -0.548. The van der Waals surface area contributed by atoms with E-state index >= 15 is 0 Å². The molecule has 4 N–H and O–H groups in total. The summed E-state index contributed by atoms with van der Waals surface area (Å²) in [6, 6.07) is -0.391. The van der Waals surface area contributed by atoms with E-state index in [1.54, 1.807) is 14.0 Å². The van der Waals surface area contributed by atoms with E-state index in [1.165, 1.54) is 0 Å². The number of nitrogens with two attached hydrogens (primary N) is 1. The Morgan fingerprint density at radius 3 is 2.81 bits per heavy atom. The van der Waals surface area contributed by atoms with Crippen LogP contribution >= 0.6 is 0 Å². The number of guanidine groups is 1. The van der Waals surface area contributed by atoms with Crippen LogP contribution in [0.1, 0.15) is 20.3 Å². The molecule has 0 aromatic rings. The van der Waals surface area contributed by atoms with Crippen LogP contribution in [-0.4, -0.2) is 44.7 Å². The lowest BCUT2D eigenvalue weighted by atomic mass is 10.3. The largest absolute Gasteiger partial charge is 0.383 e. The van der Waals surface area contributed by atoms with Crippen LogP contribution in [-0.2, 0) is 9.53 Å². The maximum absolute atomic E-state index is 11.5. The number of carbonyl (C=O) groups excluding carboxylic acids is 1. The second-order valence-corrected chi connectivity index (χ2v) is 3.42. The summed E-state index contributed by atoms with van der Waals surface area (Å²) in [5.41, 5.74) is 5.59. The van der Waals surface area contributed by atoms with Gasteiger partial charge in [0, 0.05) is 20.2 Å². The summed E-state index contributed by atoms with van der Waals surface area (Å²) in [5, 5.41) is 5.52. The molecule has 6 nitrogen and oxygen atoms in total. The standard InChI is InChI=1S/C10H22N4O2/c1-4-5-13-10(11)14-8(2)9(15)12-6-7-16-3/h8H,4-7H2,1-3H3,(H,12,15)(H3,11,13,14). The average Bonchev–Trinajstić information content (AvgIpc) is 2.26. The van der Waals surface area contributed by atoms with Crippen molar-refractivity contribution < 1.29 is 9.53 Å². The van der Waals surface area contributed by atoms with Crippen molar-refractivity contribution in [2.24, 2.45) is 10.7 Å². The summed E-state index contributed by atoms with van der Waals surface area (Å²) in [4.78, 5) is 15.5. The van der Waals surface area contributed by atoms with E-state index in [0.29, 0.717) is 25.7 Å². The van der Waals surface area contributed by atoms with Crippen LogP contribution in [0.5, 0.6) is 0 Å². The molecule has 0 aliphatic heterocycles. The number of nitrogens with zero attached hydrogens (tertiary/aromatic N) is 1. The van der Waals surface area contributed by atoms with Gasteiger partial charge in [-0.1, -0.05) is 6.92 Å². The highest BCUT2D eigenvalue weighted by Crippen LogP contribution is 1.83. The molecule has 0 saturated heterocycles. The van der Waals surface area contributed by atoms with Crippen molar-refractivity contribution in [3.8, 4) is 0 Å². The third-order valence-corrected chi connectivity index (χ3v) is 1.87. The Morgan fingerprint density at radius 2 is 2.25 bits per heavy atom. The Labute approximate surface area is 96.6 Å². The quantitative estimate of drug-likeness (QED) is 0.311. The molecule has 0 fully saturated rings. The van der Waals surface area contributed by atoms with Crippen LogP contribution in [0.4, 0.5) is 0 Å². The molecule has 16 heavy (non-hydrogen) atoms. The van der Waals surface area contributed by atoms with Gasteiger partial charge in [0.2, 0.25) is 5.91 Å². The van der Waals surface area contributed by atoms with E-state index in [9.17, 15) is 4.79 Å². The highest BCUT2D eigenvalue weighted by atomic mass is 16.5. The third-order valence-electron chi connectivity index (χ3n) is 1.87. The van der Waals surface area contributed by atoms with E-state index in [4.69, 9.17) is 10.5 Å². The lowest BCUT2D eigenvalue weighted by molar-refractivity contribution is -0.122. The van der Waals surface area contributed by atoms with Gasteiger partial charge in [-0.2, -0.15) is 0 Å². The van der Waals surface area contributed by atoms with E-state index in [0.717, 1.165) is 6.42 Å². The first-order valence-electron chi connectivity index (χ1n) is 5.44. The molecule has 0 heterocycles. The number of methoxy groups -OCH3 is 1. The van der Waals surface area contributed by atoms with Gasteiger partial charge in [0.25, 0.3) is 0 Å². The van der Waals surface area contributed by atoms with Gasteiger partial charge in [0.1, 0.15) is 6.04 Å². The Balaban J connectivity index is 3.85. The lowest BCUT2D eigenvalue weighted by Gasteiger charge is -2.14. The summed E-state index contributed by atoms with van der Waals surface area (Å²) < 4.78 is 4.82. The number of hydrogen-bond acceptors (Lipinski definition) is 3. The zero-order valence-electron chi connectivity index (χ0n) is 10.2. The Hall–Kier alpha value is -1.30. The first kappa shape index (κ1) is 14.7. The zero-order valence-corrected chi connectivity index (χ0v) is 10.2. The molecule has 0 radical (unpaired) electrons. The monoisotopic (exact) mass is 230 g/mol. The van der Waals surface area contributed by atoms with Crippen molar-refractivity contribution >= 4 is 11.9 Å². The number of carbonyl (C=O) groups is 1. The highest BCUT2D eigenvalue weighted by molar-refractivity contribution is 5.87. The normalized spacial score (nSPS) is 13.3. The van der Waals surface area contributed by atoms with Crippen molar-refractivity contribution in [2.45, 2.75) is 26.3 Å². The first-order valence-corrected chi connectivity index (χ1v) is 5.44. The van der Waals surface area contributed by atoms with E-state index in [1.807, 2.05) is 6.92 Å². The Morgan fingerprint density at radius 1 is 1.56 bits per heavy atom. The fourth-order valence-electron chi connectivity index (χ4n) is 0.995. The molecular formula is C10H22N4O2. The van der Waals surface area contributed by atoms with E-state index in [-0.39, 0.29) is 5.91 Å². The van der Waals surface area contributed by atoms with Gasteiger partial charge in [0.15, 0.2) is 5.96 Å². The minimum Gasteiger partial charge on any atom is -0.383 e. The van der Waals surface area contributed by atoms with Crippen molar-refractivity contribution in [2.75, 3.05) is 26.8 Å². The maximum atomic E-state index is 11.5. The van der Waals surface area contributed by atoms with Gasteiger partial charge in [-0.15, -0.1) is 0 Å². The highest BCUT2D eigenvalue weighted by Gasteiger charge is 2.11. The molecule has 1 atom stereocenters. The Bertz CT molecular complexity index is 231. The Kier molecular flexibility index (Phi) is 8.24. The van der Waals surface area contributed by atoms with Gasteiger partial charge < -0.3 is 21.1 Å². The molecule has 0 aliphatic carbocycles. The molecule has 1 unspecified atom stereocenters. The molecule has 0 aromatic carbocycles. The second-order valence-electron chi connectivity index (χ2n) is 3.42. The summed E-state index contributed by atoms with van der Waals surface area (Å²) in [6.07, 6.45) is 0.927. The zero-order chi connectivity index (χ0) is 12.4. The second kappa shape index (κ2) is 8.96. The molecule has 6 heteroatoms. The van der Waals surface area contributed by atoms with Gasteiger partial charge in [-0.25, -0.2) is 0 Å². The first-order chi connectivity index (χ1) is 7.61. The van der Waals surface area contributed by atoms with E-state index < -0.39 is 6.04 Å². The van der Waals surface area contributed by atoms with Crippen LogP contribution in [0, 0.1) is 0 Å². The van der Waals surface area contributed by atoms with Crippen LogP contribution in [0.2, 0.25) is 0 Å². The SMILES string of the molecule is CCCN=C(N)NC(C)C(=O)NCCOC. The molecule has 0 aromatic heterocycles. The molecule has 0 spiro atoms. The smallest absolute Gasteiger partial charge is 0.242 e. The van der Waals surface area contributed by atoms with Gasteiger partial charge in [0.05, 0.1) is 6.61 Å². The third kappa shape index (κ3) is 7.05. The number of amides is 1. The summed E-state index contributed by atoms with van der Waals surface area (Å²) in [5.74, 6) is 0.183. The van der Waals surface area contributed by atoms with Gasteiger partial charge in [-0.3, -0.25) is 9.79 Å². The summed E-state index contributed by atoms with van der Waals surface area (Å²) in [7, 11) is 1.59. The summed E-state index contributed by atoms with van der Waals surface area (Å²) >= 11 is 0. The van der Waals surface area contributed by atoms with Crippen LogP contribution in [0.25, 0.3) is 0 Å². The molecule has 0 saturated carbocycles. The van der Waals surface area contributed by atoms with E-state index in [2.05, 4.69) is 15.6 Å². The average molecular weight is 230 g/mol. The lowest BCUT2D eigenvalue weighted by Crippen LogP contribution is -2.48. The minimum atomic E-state index is -0.391. The number of aliphatic imine (C=N–C) groups is 1. The van der Waals surface area contributed by atoms with Crippen molar-refractivity contribution in [1.29, 1.82) is 0 Å². The molecule has 0 aliphatic rings. The molecular weight excluding hydrogens is 208 g/mol. The predicted molar refractivity (Wildman–Crippen MR) is 64.3 cm³/mol.